The number of sulfone groups is 1. The van der Waals surface area contributed by atoms with E-state index in [9.17, 15) is 21.6 Å². The minimum Gasteiger partial charge on any atom is -0.326 e. The Morgan fingerprint density at radius 3 is 2.45 bits per heavy atom. The summed E-state index contributed by atoms with van der Waals surface area (Å²) in [6.45, 7) is -0.375. The Bertz CT molecular complexity index is 1330. The van der Waals surface area contributed by atoms with Gasteiger partial charge in [-0.2, -0.15) is 0 Å². The van der Waals surface area contributed by atoms with Gasteiger partial charge in [0.15, 0.2) is 9.84 Å². The molecule has 8 nitrogen and oxygen atoms in total. The van der Waals surface area contributed by atoms with Gasteiger partial charge in [-0.05, 0) is 47.5 Å². The molecule has 1 aromatic heterocycles. The number of rotatable bonds is 7. The van der Waals surface area contributed by atoms with Crippen molar-refractivity contribution < 1.29 is 21.6 Å². The number of anilines is 1. The lowest BCUT2D eigenvalue weighted by molar-refractivity contribution is -0.115. The highest BCUT2D eigenvalue weighted by Crippen LogP contribution is 2.29. The van der Waals surface area contributed by atoms with E-state index in [1.165, 1.54) is 42.7 Å². The van der Waals surface area contributed by atoms with Gasteiger partial charge in [0.05, 0.1) is 16.2 Å². The topological polar surface area (TPSA) is 122 Å². The molecule has 0 saturated carbocycles. The molecular weight excluding hydrogens is 438 g/mol. The number of hydrogen-bond acceptors (Lipinski definition) is 6. The average molecular weight is 458 g/mol. The van der Waals surface area contributed by atoms with Gasteiger partial charge in [0.2, 0.25) is 15.9 Å². The van der Waals surface area contributed by atoms with Gasteiger partial charge in [-0.15, -0.1) is 0 Å². The van der Waals surface area contributed by atoms with Gasteiger partial charge in [0, 0.05) is 24.6 Å². The van der Waals surface area contributed by atoms with Crippen LogP contribution >= 0.6 is 0 Å². The third-order valence-corrected chi connectivity index (χ3v) is 8.51. The number of pyridine rings is 1. The first-order chi connectivity index (χ1) is 14.8. The van der Waals surface area contributed by atoms with Gasteiger partial charge >= 0.3 is 0 Å². The van der Waals surface area contributed by atoms with Crippen LogP contribution < -0.4 is 10.0 Å². The van der Waals surface area contributed by atoms with Gasteiger partial charge in [-0.3, -0.25) is 9.78 Å². The van der Waals surface area contributed by atoms with Crippen LogP contribution in [0.1, 0.15) is 16.4 Å². The number of hydrogen-bond donors (Lipinski definition) is 2. The number of nitrogens with zero attached hydrogens (tertiary/aromatic N) is 1. The van der Waals surface area contributed by atoms with E-state index in [2.05, 4.69) is 15.0 Å². The first-order valence-corrected chi connectivity index (χ1v) is 12.4. The smallest absolute Gasteiger partial charge is 0.240 e. The van der Waals surface area contributed by atoms with E-state index in [1.807, 2.05) is 0 Å². The van der Waals surface area contributed by atoms with Crippen molar-refractivity contribution in [2.24, 2.45) is 0 Å². The summed E-state index contributed by atoms with van der Waals surface area (Å²) in [5.41, 5.74) is 1.52. The Kier molecular flexibility index (Phi) is 5.61. The van der Waals surface area contributed by atoms with Crippen molar-refractivity contribution in [3.8, 4) is 0 Å². The first-order valence-electron chi connectivity index (χ1n) is 9.39. The van der Waals surface area contributed by atoms with Gasteiger partial charge in [-0.1, -0.05) is 24.3 Å². The van der Waals surface area contributed by atoms with E-state index in [4.69, 9.17) is 0 Å². The summed E-state index contributed by atoms with van der Waals surface area (Å²) in [5.74, 6) is -0.205. The van der Waals surface area contributed by atoms with Crippen LogP contribution in [0.4, 0.5) is 5.69 Å². The molecule has 0 spiro atoms. The van der Waals surface area contributed by atoms with Crippen molar-refractivity contribution in [2.45, 2.75) is 21.5 Å². The second-order valence-corrected chi connectivity index (χ2v) is 10.9. The molecule has 0 fully saturated rings. The summed E-state index contributed by atoms with van der Waals surface area (Å²) < 4.78 is 54.7. The fraction of sp³-hybridized carbons (Fsp3) is 0.143. The molecule has 2 heterocycles. The highest BCUT2D eigenvalue weighted by atomic mass is 32.2. The first kappa shape index (κ1) is 21.2. The van der Waals surface area contributed by atoms with E-state index in [-0.39, 0.29) is 28.7 Å². The molecule has 0 bridgehead atoms. The lowest BCUT2D eigenvalue weighted by Crippen LogP contribution is -2.32. The fourth-order valence-electron chi connectivity index (χ4n) is 3.39. The van der Waals surface area contributed by atoms with Crippen LogP contribution in [-0.4, -0.2) is 34.3 Å². The van der Waals surface area contributed by atoms with Crippen LogP contribution in [0.2, 0.25) is 0 Å². The monoisotopic (exact) mass is 457 g/mol. The highest BCUT2D eigenvalue weighted by Gasteiger charge is 2.31. The number of carbonyl (C=O) groups is 1. The minimum absolute atomic E-state index is 0.0372. The summed E-state index contributed by atoms with van der Waals surface area (Å²) in [7, 11) is -7.92. The van der Waals surface area contributed by atoms with E-state index < -0.39 is 25.1 Å². The van der Waals surface area contributed by atoms with E-state index in [0.29, 0.717) is 16.8 Å². The Labute approximate surface area is 180 Å². The molecule has 1 atom stereocenters. The number of carbonyl (C=O) groups excluding carboxylic acids is 1. The second-order valence-electron chi connectivity index (χ2n) is 7.03. The molecule has 1 aliphatic rings. The van der Waals surface area contributed by atoms with Crippen molar-refractivity contribution in [3.05, 3.63) is 84.2 Å². The molecule has 31 heavy (non-hydrogen) atoms. The number of fused-ring (bicyclic) bond motifs is 1. The van der Waals surface area contributed by atoms with Gasteiger partial charge < -0.3 is 5.32 Å². The number of nitrogens with one attached hydrogen (secondary N) is 2. The minimum atomic E-state index is -4.02. The number of aromatic nitrogens is 1. The molecule has 0 radical (unpaired) electrons. The lowest BCUT2D eigenvalue weighted by Gasteiger charge is -2.19. The molecule has 1 aliphatic heterocycles. The Balaban J connectivity index is 1.64. The summed E-state index contributed by atoms with van der Waals surface area (Å²) in [5, 5.41) is 1.48. The SMILES string of the molecule is O=C1Cc2cc(S(=O)(=O)NCC(c3cccnc3)S(=O)(=O)c3ccccc3)ccc2N1. The zero-order valence-corrected chi connectivity index (χ0v) is 17.9. The molecule has 10 heteroatoms. The summed E-state index contributed by atoms with van der Waals surface area (Å²) >= 11 is 0. The predicted molar refractivity (Wildman–Crippen MR) is 115 cm³/mol. The number of benzene rings is 2. The summed E-state index contributed by atoms with van der Waals surface area (Å²) in [6.07, 6.45) is 3.02. The largest absolute Gasteiger partial charge is 0.326 e. The molecule has 1 unspecified atom stereocenters. The van der Waals surface area contributed by atoms with Crippen molar-refractivity contribution >= 4 is 31.5 Å². The molecule has 160 valence electrons. The summed E-state index contributed by atoms with van der Waals surface area (Å²) in [6, 6.07) is 15.4. The van der Waals surface area contributed by atoms with Crippen LogP contribution in [0.15, 0.2) is 82.8 Å². The maximum absolute atomic E-state index is 13.3. The molecule has 0 aliphatic carbocycles. The van der Waals surface area contributed by atoms with Crippen LogP contribution in [0, 0.1) is 0 Å². The second kappa shape index (κ2) is 8.22. The zero-order valence-electron chi connectivity index (χ0n) is 16.2. The van der Waals surface area contributed by atoms with Crippen LogP contribution in [0.3, 0.4) is 0 Å². The third kappa shape index (κ3) is 4.36. The molecule has 0 saturated heterocycles. The molecule has 1 amide bonds. The van der Waals surface area contributed by atoms with Gasteiger partial charge in [0.25, 0.3) is 0 Å². The molecule has 4 rings (SSSR count). The average Bonchev–Trinajstić information content (AvgIpc) is 3.14. The molecule has 2 N–H and O–H groups in total. The maximum Gasteiger partial charge on any atom is 0.240 e. The van der Waals surface area contributed by atoms with Crippen LogP contribution in [0.5, 0.6) is 0 Å². The van der Waals surface area contributed by atoms with Crippen molar-refractivity contribution in [1.82, 2.24) is 9.71 Å². The van der Waals surface area contributed by atoms with Gasteiger partial charge in [0.1, 0.15) is 5.25 Å². The van der Waals surface area contributed by atoms with Crippen LogP contribution in [-0.2, 0) is 31.1 Å². The Morgan fingerprint density at radius 2 is 1.74 bits per heavy atom. The fourth-order valence-corrected chi connectivity index (χ4v) is 6.26. The standard InChI is InChI=1S/C21H19N3O5S2/c25-21-12-16-11-18(8-9-19(16)24-21)31(28,29)23-14-20(15-5-4-10-22-13-15)30(26,27)17-6-2-1-3-7-17/h1-11,13,20,23H,12,14H2,(H,24,25). The zero-order chi connectivity index (χ0) is 22.1. The molecular formula is C21H19N3O5S2. The Hall–Kier alpha value is -3.08. The van der Waals surface area contributed by atoms with Gasteiger partial charge in [-0.25, -0.2) is 21.6 Å². The molecule has 2 aromatic carbocycles. The Morgan fingerprint density at radius 1 is 0.968 bits per heavy atom. The van der Waals surface area contributed by atoms with Crippen molar-refractivity contribution in [2.75, 3.05) is 11.9 Å². The normalized spacial score (nSPS) is 14.6. The quantitative estimate of drug-likeness (QED) is 0.560. The van der Waals surface area contributed by atoms with Crippen LogP contribution in [0.25, 0.3) is 0 Å². The van der Waals surface area contributed by atoms with E-state index in [1.54, 1.807) is 30.3 Å². The van der Waals surface area contributed by atoms with Crippen molar-refractivity contribution in [3.63, 3.8) is 0 Å². The highest BCUT2D eigenvalue weighted by molar-refractivity contribution is 7.92. The van der Waals surface area contributed by atoms with E-state index in [0.717, 1.165) is 0 Å². The van der Waals surface area contributed by atoms with Crippen molar-refractivity contribution in [1.29, 1.82) is 0 Å². The van der Waals surface area contributed by atoms with E-state index >= 15 is 0 Å². The number of amides is 1. The molecule has 3 aromatic rings. The third-order valence-electron chi connectivity index (χ3n) is 4.97. The maximum atomic E-state index is 13.3. The number of sulfonamides is 1. The predicted octanol–water partition coefficient (Wildman–Crippen LogP) is 2.07. The lowest BCUT2D eigenvalue weighted by atomic mass is 10.2. The summed E-state index contributed by atoms with van der Waals surface area (Å²) in [4.78, 5) is 15.6.